The number of anilines is 1. The van der Waals surface area contributed by atoms with Crippen LogP contribution in [-0.4, -0.2) is 36.9 Å². The molecule has 6 heteroatoms. The SMILES string of the molecule is COc1cc(Cl)c(C)cc1NC(=O)C1CC(=O)N(CCC2=CCCCC2)C1. The Hall–Kier alpha value is -2.01. The van der Waals surface area contributed by atoms with Crippen molar-refractivity contribution >= 4 is 29.1 Å². The van der Waals surface area contributed by atoms with Gasteiger partial charge in [-0.3, -0.25) is 9.59 Å². The molecule has 1 aliphatic carbocycles. The molecular weight excluding hydrogens is 364 g/mol. The first kappa shape index (κ1) is 19.7. The van der Waals surface area contributed by atoms with E-state index < -0.39 is 0 Å². The quantitative estimate of drug-likeness (QED) is 0.735. The molecule has 0 spiro atoms. The van der Waals surface area contributed by atoms with Gasteiger partial charge in [-0.2, -0.15) is 0 Å². The van der Waals surface area contributed by atoms with E-state index in [9.17, 15) is 9.59 Å². The Kier molecular flexibility index (Phi) is 6.42. The number of methoxy groups -OCH3 is 1. The van der Waals surface area contributed by atoms with Gasteiger partial charge in [-0.05, 0) is 50.7 Å². The highest BCUT2D eigenvalue weighted by Crippen LogP contribution is 2.32. The van der Waals surface area contributed by atoms with E-state index in [0.717, 1.165) is 24.8 Å². The topological polar surface area (TPSA) is 58.6 Å². The molecule has 1 N–H and O–H groups in total. The van der Waals surface area contributed by atoms with Crippen LogP contribution in [0.1, 0.15) is 44.1 Å². The van der Waals surface area contributed by atoms with E-state index in [4.69, 9.17) is 16.3 Å². The number of hydrogen-bond acceptors (Lipinski definition) is 3. The highest BCUT2D eigenvalue weighted by molar-refractivity contribution is 6.31. The normalized spacial score (nSPS) is 19.8. The smallest absolute Gasteiger partial charge is 0.229 e. The molecule has 0 radical (unpaired) electrons. The number of benzene rings is 1. The fourth-order valence-electron chi connectivity index (χ4n) is 3.74. The van der Waals surface area contributed by atoms with Crippen molar-refractivity contribution in [2.75, 3.05) is 25.5 Å². The minimum atomic E-state index is -0.335. The van der Waals surface area contributed by atoms with Gasteiger partial charge >= 0.3 is 0 Å². The molecule has 27 heavy (non-hydrogen) atoms. The van der Waals surface area contributed by atoms with Crippen molar-refractivity contribution in [2.45, 2.75) is 45.4 Å². The van der Waals surface area contributed by atoms with Crippen molar-refractivity contribution in [3.05, 3.63) is 34.4 Å². The Morgan fingerprint density at radius 1 is 1.37 bits per heavy atom. The maximum Gasteiger partial charge on any atom is 0.229 e. The third-order valence-electron chi connectivity index (χ3n) is 5.41. The van der Waals surface area contributed by atoms with Gasteiger partial charge in [-0.15, -0.1) is 0 Å². The third kappa shape index (κ3) is 4.83. The molecule has 1 saturated heterocycles. The molecule has 146 valence electrons. The molecule has 1 atom stereocenters. The standard InChI is InChI=1S/C21H27ClN2O3/c1-14-10-18(19(27-2)12-17(14)22)23-21(26)16-11-20(25)24(13-16)9-8-15-6-4-3-5-7-15/h6,10,12,16H,3-5,7-9,11,13H2,1-2H3,(H,23,26). The van der Waals surface area contributed by atoms with Crippen LogP contribution in [0.2, 0.25) is 5.02 Å². The van der Waals surface area contributed by atoms with Crippen molar-refractivity contribution in [3.63, 3.8) is 0 Å². The van der Waals surface area contributed by atoms with Gasteiger partial charge in [0.1, 0.15) is 5.75 Å². The summed E-state index contributed by atoms with van der Waals surface area (Å²) in [6.07, 6.45) is 8.29. The molecular formula is C21H27ClN2O3. The Balaban J connectivity index is 1.59. The summed E-state index contributed by atoms with van der Waals surface area (Å²) in [5.41, 5.74) is 2.89. The lowest BCUT2D eigenvalue weighted by Gasteiger charge is -2.19. The molecule has 2 aliphatic rings. The van der Waals surface area contributed by atoms with Gasteiger partial charge < -0.3 is 15.0 Å². The first-order chi connectivity index (χ1) is 13.0. The highest BCUT2D eigenvalue weighted by atomic mass is 35.5. The second kappa shape index (κ2) is 8.79. The summed E-state index contributed by atoms with van der Waals surface area (Å²) in [5.74, 6) is 0.0939. The number of allylic oxidation sites excluding steroid dienone is 1. The van der Waals surface area contributed by atoms with Gasteiger partial charge in [0.25, 0.3) is 0 Å². The predicted molar refractivity (Wildman–Crippen MR) is 107 cm³/mol. The van der Waals surface area contributed by atoms with Crippen molar-refractivity contribution in [1.82, 2.24) is 4.90 Å². The summed E-state index contributed by atoms with van der Waals surface area (Å²) >= 11 is 6.12. The number of aryl methyl sites for hydroxylation is 1. The summed E-state index contributed by atoms with van der Waals surface area (Å²) in [6, 6.07) is 3.49. The van der Waals surface area contributed by atoms with Gasteiger partial charge in [-0.1, -0.05) is 23.3 Å². The highest BCUT2D eigenvalue weighted by Gasteiger charge is 2.34. The van der Waals surface area contributed by atoms with Crippen LogP contribution in [0.4, 0.5) is 5.69 Å². The van der Waals surface area contributed by atoms with Crippen LogP contribution in [0.5, 0.6) is 5.75 Å². The maximum atomic E-state index is 12.7. The van der Waals surface area contributed by atoms with Crippen LogP contribution in [0.15, 0.2) is 23.8 Å². The summed E-state index contributed by atoms with van der Waals surface area (Å²) in [4.78, 5) is 26.8. The van der Waals surface area contributed by atoms with Crippen LogP contribution >= 0.6 is 11.6 Å². The molecule has 1 unspecified atom stereocenters. The second-order valence-corrected chi connectivity index (χ2v) is 7.80. The minimum Gasteiger partial charge on any atom is -0.495 e. The third-order valence-corrected chi connectivity index (χ3v) is 5.82. The lowest BCUT2D eigenvalue weighted by atomic mass is 9.97. The van der Waals surface area contributed by atoms with E-state index in [0.29, 0.717) is 29.5 Å². The molecule has 0 aromatic heterocycles. The zero-order valence-electron chi connectivity index (χ0n) is 16.0. The van der Waals surface area contributed by atoms with Crippen LogP contribution in [0, 0.1) is 12.8 Å². The number of likely N-dealkylation sites (tertiary alicyclic amines) is 1. The van der Waals surface area contributed by atoms with E-state index in [-0.39, 0.29) is 24.2 Å². The van der Waals surface area contributed by atoms with Crippen molar-refractivity contribution in [1.29, 1.82) is 0 Å². The lowest BCUT2D eigenvalue weighted by molar-refractivity contribution is -0.128. The number of rotatable bonds is 6. The molecule has 3 rings (SSSR count). The van der Waals surface area contributed by atoms with E-state index >= 15 is 0 Å². The van der Waals surface area contributed by atoms with E-state index in [1.165, 1.54) is 25.5 Å². The number of carbonyl (C=O) groups is 2. The fraction of sp³-hybridized carbons (Fsp3) is 0.524. The second-order valence-electron chi connectivity index (χ2n) is 7.39. The Morgan fingerprint density at radius 2 is 2.19 bits per heavy atom. The van der Waals surface area contributed by atoms with Gasteiger partial charge in [0.2, 0.25) is 11.8 Å². The Morgan fingerprint density at radius 3 is 2.89 bits per heavy atom. The molecule has 1 aliphatic heterocycles. The van der Waals surface area contributed by atoms with E-state index in [1.54, 1.807) is 12.1 Å². The average molecular weight is 391 g/mol. The van der Waals surface area contributed by atoms with Crippen LogP contribution in [0.3, 0.4) is 0 Å². The lowest BCUT2D eigenvalue weighted by Crippen LogP contribution is -2.29. The molecule has 0 bridgehead atoms. The summed E-state index contributed by atoms with van der Waals surface area (Å²) in [6.45, 7) is 3.06. The largest absolute Gasteiger partial charge is 0.495 e. The number of hydrogen-bond donors (Lipinski definition) is 1. The van der Waals surface area contributed by atoms with Crippen LogP contribution in [-0.2, 0) is 9.59 Å². The van der Waals surface area contributed by atoms with Crippen molar-refractivity contribution < 1.29 is 14.3 Å². The van der Waals surface area contributed by atoms with Gasteiger partial charge in [0.15, 0.2) is 0 Å². The first-order valence-corrected chi connectivity index (χ1v) is 9.96. The zero-order valence-corrected chi connectivity index (χ0v) is 16.8. The maximum absolute atomic E-state index is 12.7. The van der Waals surface area contributed by atoms with Gasteiger partial charge in [-0.25, -0.2) is 0 Å². The van der Waals surface area contributed by atoms with Gasteiger partial charge in [0.05, 0.1) is 18.7 Å². The number of halogens is 1. The molecule has 1 aromatic rings. The molecule has 1 aromatic carbocycles. The first-order valence-electron chi connectivity index (χ1n) is 9.58. The number of nitrogens with one attached hydrogen (secondary N) is 1. The van der Waals surface area contributed by atoms with Crippen LogP contribution < -0.4 is 10.1 Å². The zero-order chi connectivity index (χ0) is 19.4. The summed E-state index contributed by atoms with van der Waals surface area (Å²) in [7, 11) is 1.54. The molecule has 0 saturated carbocycles. The van der Waals surface area contributed by atoms with E-state index in [1.807, 2.05) is 11.8 Å². The monoisotopic (exact) mass is 390 g/mol. The van der Waals surface area contributed by atoms with Crippen molar-refractivity contribution in [3.8, 4) is 5.75 Å². The predicted octanol–water partition coefficient (Wildman–Crippen LogP) is 4.33. The summed E-state index contributed by atoms with van der Waals surface area (Å²) < 4.78 is 5.31. The molecule has 1 heterocycles. The van der Waals surface area contributed by atoms with Gasteiger partial charge in [0, 0.05) is 30.6 Å². The number of carbonyl (C=O) groups excluding carboxylic acids is 2. The molecule has 1 fully saturated rings. The number of amides is 2. The molecule has 5 nitrogen and oxygen atoms in total. The number of ether oxygens (including phenoxy) is 1. The number of nitrogens with zero attached hydrogens (tertiary/aromatic N) is 1. The minimum absolute atomic E-state index is 0.0609. The van der Waals surface area contributed by atoms with Crippen LogP contribution in [0.25, 0.3) is 0 Å². The average Bonchev–Trinajstić information content (AvgIpc) is 3.04. The fourth-order valence-corrected chi connectivity index (χ4v) is 3.89. The molecule has 2 amide bonds. The van der Waals surface area contributed by atoms with Crippen molar-refractivity contribution in [2.24, 2.45) is 5.92 Å². The Bertz CT molecular complexity index is 760. The summed E-state index contributed by atoms with van der Waals surface area (Å²) in [5, 5.41) is 3.49. The van der Waals surface area contributed by atoms with E-state index in [2.05, 4.69) is 11.4 Å². The Labute approximate surface area is 165 Å².